The number of alkyl halides is 3. The van der Waals surface area contributed by atoms with E-state index < -0.39 is 62.9 Å². The van der Waals surface area contributed by atoms with E-state index in [1.807, 2.05) is 0 Å². The summed E-state index contributed by atoms with van der Waals surface area (Å²) >= 11 is 0. The number of ether oxygens (including phenoxy) is 1. The number of benzene rings is 3. The molecule has 1 aliphatic heterocycles. The van der Waals surface area contributed by atoms with Gasteiger partial charge < -0.3 is 30.9 Å². The minimum atomic E-state index is -5.08. The van der Waals surface area contributed by atoms with Gasteiger partial charge >= 0.3 is 18.1 Å². The molecule has 1 amide bonds. The fourth-order valence-electron chi connectivity index (χ4n) is 5.99. The molecular weight excluding hydrogens is 700 g/mol. The number of carboxylic acids is 2. The molecule has 2 fully saturated rings. The molecule has 5 N–H and O–H groups in total. The van der Waals surface area contributed by atoms with Crippen LogP contribution in [0.1, 0.15) is 42.5 Å². The summed E-state index contributed by atoms with van der Waals surface area (Å²) in [5.74, 6) is -5.74. The monoisotopic (exact) mass is 732 g/mol. The number of pyridine rings is 1. The van der Waals surface area contributed by atoms with Gasteiger partial charge in [0.15, 0.2) is 21.4 Å². The highest BCUT2D eigenvalue weighted by atomic mass is 32.2. The Morgan fingerprint density at radius 1 is 1.02 bits per heavy atom. The molecule has 12 nitrogen and oxygen atoms in total. The zero-order valence-electron chi connectivity index (χ0n) is 26.8. The fourth-order valence-corrected chi connectivity index (χ4v) is 7.89. The second kappa shape index (κ2) is 14.4. The van der Waals surface area contributed by atoms with Crippen molar-refractivity contribution in [3.05, 3.63) is 89.9 Å². The lowest BCUT2D eigenvalue weighted by molar-refractivity contribution is -0.192. The van der Waals surface area contributed by atoms with Crippen molar-refractivity contribution in [2.75, 3.05) is 24.7 Å². The lowest BCUT2D eigenvalue weighted by Gasteiger charge is -2.32. The van der Waals surface area contributed by atoms with Gasteiger partial charge in [0.2, 0.25) is 5.91 Å². The average Bonchev–Trinajstić information content (AvgIpc) is 3.86. The van der Waals surface area contributed by atoms with Crippen molar-refractivity contribution in [1.29, 1.82) is 0 Å². The molecule has 4 aromatic rings. The van der Waals surface area contributed by atoms with Crippen molar-refractivity contribution in [2.45, 2.75) is 47.7 Å². The zero-order chi connectivity index (χ0) is 37.2. The number of amides is 1. The van der Waals surface area contributed by atoms with Crippen molar-refractivity contribution in [3.63, 3.8) is 0 Å². The van der Waals surface area contributed by atoms with E-state index in [1.165, 1.54) is 36.3 Å². The number of sulfone groups is 1. The van der Waals surface area contributed by atoms with Crippen LogP contribution in [-0.4, -0.2) is 71.4 Å². The summed E-state index contributed by atoms with van der Waals surface area (Å²) in [4.78, 5) is 41.5. The van der Waals surface area contributed by atoms with E-state index in [0.717, 1.165) is 10.8 Å². The maximum Gasteiger partial charge on any atom is 0.490 e. The topological polar surface area (TPSA) is 189 Å². The number of nitrogens with two attached hydrogens (primary N) is 1. The number of aromatic nitrogens is 1. The summed E-state index contributed by atoms with van der Waals surface area (Å²) in [6, 6.07) is 15.3. The largest absolute Gasteiger partial charge is 0.494 e. The van der Waals surface area contributed by atoms with Gasteiger partial charge in [0.25, 0.3) is 0 Å². The number of nitrogen functional groups attached to an aromatic ring is 1. The zero-order valence-corrected chi connectivity index (χ0v) is 27.6. The smallest absolute Gasteiger partial charge is 0.490 e. The summed E-state index contributed by atoms with van der Waals surface area (Å²) in [6.45, 7) is 0.0781. The van der Waals surface area contributed by atoms with Crippen LogP contribution in [0.25, 0.3) is 10.8 Å². The first kappa shape index (κ1) is 36.8. The van der Waals surface area contributed by atoms with Crippen LogP contribution in [0.4, 0.5) is 29.1 Å². The highest BCUT2D eigenvalue weighted by Gasteiger charge is 2.47. The first-order valence-corrected chi connectivity index (χ1v) is 17.0. The Bertz CT molecular complexity index is 2090. The highest BCUT2D eigenvalue weighted by Crippen LogP contribution is 2.44. The van der Waals surface area contributed by atoms with Gasteiger partial charge in [0.1, 0.15) is 11.9 Å². The molecule has 3 aromatic carbocycles. The Labute approximate surface area is 288 Å². The number of carboxylic acid groups (broad SMARTS) is 2. The number of carbonyl (C=O) groups excluding carboxylic acids is 1. The molecule has 17 heteroatoms. The van der Waals surface area contributed by atoms with E-state index in [-0.39, 0.29) is 29.2 Å². The van der Waals surface area contributed by atoms with E-state index in [0.29, 0.717) is 29.9 Å². The number of anilines is 2. The quantitative estimate of drug-likeness (QED) is 0.162. The molecule has 1 aromatic heterocycles. The summed E-state index contributed by atoms with van der Waals surface area (Å²) in [5, 5.41) is 21.5. The lowest BCUT2D eigenvalue weighted by Crippen LogP contribution is -2.40. The number of fused-ring (bicyclic) bond motifs is 1. The third-order valence-corrected chi connectivity index (χ3v) is 10.9. The van der Waals surface area contributed by atoms with Gasteiger partial charge in [0.05, 0.1) is 29.2 Å². The van der Waals surface area contributed by atoms with Crippen LogP contribution in [0.5, 0.6) is 5.75 Å². The molecule has 2 aliphatic rings. The summed E-state index contributed by atoms with van der Waals surface area (Å²) in [7, 11) is -2.39. The van der Waals surface area contributed by atoms with Gasteiger partial charge in [0, 0.05) is 23.8 Å². The number of nitrogens with zero attached hydrogens (tertiary/aromatic N) is 2. The van der Waals surface area contributed by atoms with Crippen molar-refractivity contribution in [2.24, 2.45) is 5.92 Å². The Balaban J connectivity index is 0.000000654. The molecule has 1 saturated heterocycles. The van der Waals surface area contributed by atoms with Crippen molar-refractivity contribution in [1.82, 2.24) is 9.88 Å². The number of aliphatic carboxylic acids is 2. The van der Waals surface area contributed by atoms with Crippen LogP contribution in [0, 0.1) is 11.7 Å². The van der Waals surface area contributed by atoms with Crippen molar-refractivity contribution < 1.29 is 55.3 Å². The van der Waals surface area contributed by atoms with Crippen LogP contribution in [-0.2, 0) is 24.2 Å². The molecule has 0 unspecified atom stereocenters. The van der Waals surface area contributed by atoms with Crippen LogP contribution in [0.15, 0.2) is 77.8 Å². The Hall–Kier alpha value is -5.45. The number of methoxy groups -OCH3 is 1. The normalized spacial score (nSPS) is 18.0. The Morgan fingerprint density at radius 2 is 1.71 bits per heavy atom. The second-order valence-electron chi connectivity index (χ2n) is 11.9. The molecule has 0 bridgehead atoms. The number of hydrogen-bond donors (Lipinski definition) is 4. The molecular formula is C34H32F4N4O8S. The predicted molar refractivity (Wildman–Crippen MR) is 176 cm³/mol. The number of nitrogens with one attached hydrogen (secondary N) is 1. The van der Waals surface area contributed by atoms with E-state index in [4.69, 9.17) is 20.4 Å². The SMILES string of the molecule is COc1cc([C@@H](Nc2ccc3c(N)nccc3c2)C(=O)N2CC[C@H](C(=O)O)[C@@H]2c2ccccc2S(=O)(=O)C2CC2)ccc1F.O=C(O)C(F)(F)F. The van der Waals surface area contributed by atoms with E-state index in [1.54, 1.807) is 48.7 Å². The van der Waals surface area contributed by atoms with E-state index in [2.05, 4.69) is 10.3 Å². The van der Waals surface area contributed by atoms with Gasteiger partial charge in [-0.1, -0.05) is 24.3 Å². The van der Waals surface area contributed by atoms with Gasteiger partial charge in [-0.2, -0.15) is 13.2 Å². The van der Waals surface area contributed by atoms with Gasteiger partial charge in [-0.3, -0.25) is 9.59 Å². The molecule has 1 aliphatic carbocycles. The Morgan fingerprint density at radius 3 is 2.33 bits per heavy atom. The Kier molecular flexibility index (Phi) is 10.4. The van der Waals surface area contributed by atoms with Crippen molar-refractivity contribution >= 4 is 50.0 Å². The first-order chi connectivity index (χ1) is 24.0. The lowest BCUT2D eigenvalue weighted by atomic mass is 9.93. The van der Waals surface area contributed by atoms with Crippen LogP contribution >= 0.6 is 0 Å². The van der Waals surface area contributed by atoms with Crippen LogP contribution in [0.3, 0.4) is 0 Å². The highest BCUT2D eigenvalue weighted by molar-refractivity contribution is 7.92. The third kappa shape index (κ3) is 7.82. The van der Waals surface area contributed by atoms with Gasteiger partial charge in [-0.05, 0) is 78.2 Å². The van der Waals surface area contributed by atoms with Crippen LogP contribution < -0.4 is 15.8 Å². The number of hydrogen-bond acceptors (Lipinski definition) is 9. The summed E-state index contributed by atoms with van der Waals surface area (Å²) in [5.41, 5.74) is 7.22. The summed E-state index contributed by atoms with van der Waals surface area (Å²) < 4.78 is 78.2. The second-order valence-corrected chi connectivity index (χ2v) is 14.1. The fraction of sp³-hybridized carbons (Fsp3) is 0.294. The minimum absolute atomic E-state index is 0.0483. The molecule has 0 spiro atoms. The maximum atomic E-state index is 14.6. The van der Waals surface area contributed by atoms with E-state index in [9.17, 15) is 40.7 Å². The number of rotatable bonds is 9. The molecule has 0 radical (unpaired) electrons. The number of carbonyl (C=O) groups is 3. The van der Waals surface area contributed by atoms with E-state index >= 15 is 0 Å². The minimum Gasteiger partial charge on any atom is -0.494 e. The molecule has 2 heterocycles. The maximum absolute atomic E-state index is 14.6. The standard InChI is InChI=1S/C32H31FN4O6S.C2HF3O2/c1-43-26-17-19(6-11-25(26)33)28(36-20-7-10-22-18(16-20)12-14-35-30(22)34)31(38)37-15-13-24(32(39)40)29(37)23-4-2-3-5-27(23)44(41,42)21-8-9-21;3-2(4,5)1(6)7/h2-7,10-12,14,16-17,21,24,28-29,36H,8-9,13,15H2,1H3,(H2,34,35)(H,39,40);(H,6,7)/t24-,28+,29-;/m0./s1. The predicted octanol–water partition coefficient (Wildman–Crippen LogP) is 5.36. The third-order valence-electron chi connectivity index (χ3n) is 8.61. The molecule has 6 rings (SSSR count). The van der Waals surface area contributed by atoms with Crippen molar-refractivity contribution in [3.8, 4) is 5.75 Å². The molecule has 270 valence electrons. The first-order valence-electron chi connectivity index (χ1n) is 15.4. The average molecular weight is 733 g/mol. The number of halogens is 4. The summed E-state index contributed by atoms with van der Waals surface area (Å²) in [6.07, 6.45) is -2.30. The molecule has 1 saturated carbocycles. The molecule has 3 atom stereocenters. The molecule has 51 heavy (non-hydrogen) atoms. The van der Waals surface area contributed by atoms with Gasteiger partial charge in [-0.15, -0.1) is 0 Å². The number of likely N-dealkylation sites (tertiary alicyclic amines) is 1. The van der Waals surface area contributed by atoms with Gasteiger partial charge in [-0.25, -0.2) is 22.6 Å². The van der Waals surface area contributed by atoms with Crippen LogP contribution in [0.2, 0.25) is 0 Å².